The summed E-state index contributed by atoms with van der Waals surface area (Å²) in [5.41, 5.74) is 0.274. The van der Waals surface area contributed by atoms with Crippen molar-refractivity contribution in [3.05, 3.63) is 11.6 Å². The maximum Gasteiger partial charge on any atom is 0.343 e. The smallest absolute Gasteiger partial charge is 0.343 e. The van der Waals surface area contributed by atoms with Crippen molar-refractivity contribution in [2.75, 3.05) is 6.61 Å². The minimum Gasteiger partial charge on any atom is -0.460 e. The fraction of sp³-hybridized carbons (Fsp3) is 0.667. The maximum atomic E-state index is 11.4. The lowest BCUT2D eigenvalue weighted by molar-refractivity contribution is -0.153. The third-order valence-electron chi connectivity index (χ3n) is 2.57. The lowest BCUT2D eigenvalue weighted by Crippen LogP contribution is -2.35. The molecule has 2 aliphatic rings. The summed E-state index contributed by atoms with van der Waals surface area (Å²) in [5, 5.41) is 0. The van der Waals surface area contributed by atoms with E-state index in [1.807, 2.05) is 19.9 Å². The molecule has 0 radical (unpaired) electrons. The number of ether oxygens (including phenoxy) is 2. The molecule has 12 heavy (non-hydrogen) atoms. The topological polar surface area (TPSA) is 35.5 Å². The van der Waals surface area contributed by atoms with Gasteiger partial charge in [-0.15, -0.1) is 0 Å². The maximum absolute atomic E-state index is 11.4. The summed E-state index contributed by atoms with van der Waals surface area (Å²) >= 11 is 0. The highest BCUT2D eigenvalue weighted by Gasteiger charge is 2.52. The Hall–Kier alpha value is -0.830. The van der Waals surface area contributed by atoms with Gasteiger partial charge >= 0.3 is 5.97 Å². The van der Waals surface area contributed by atoms with E-state index in [2.05, 4.69) is 0 Å². The summed E-state index contributed by atoms with van der Waals surface area (Å²) in [4.78, 5) is 11.4. The molecule has 0 bridgehead atoms. The molecule has 2 heterocycles. The first-order valence-electron chi connectivity index (χ1n) is 4.17. The molecule has 0 aromatic heterocycles. The van der Waals surface area contributed by atoms with Gasteiger partial charge in [0.2, 0.25) is 0 Å². The first kappa shape index (κ1) is 7.80. The third-order valence-corrected chi connectivity index (χ3v) is 2.57. The van der Waals surface area contributed by atoms with E-state index in [1.54, 1.807) is 0 Å². The Bertz CT molecular complexity index is 256. The normalized spacial score (nSPS) is 40.3. The number of rotatable bonds is 0. The second kappa shape index (κ2) is 2.33. The van der Waals surface area contributed by atoms with Crippen molar-refractivity contribution in [2.45, 2.75) is 32.0 Å². The van der Waals surface area contributed by atoms with Gasteiger partial charge in [-0.3, -0.25) is 0 Å². The van der Waals surface area contributed by atoms with Crippen molar-refractivity contribution in [1.29, 1.82) is 0 Å². The van der Waals surface area contributed by atoms with Gasteiger partial charge in [-0.25, -0.2) is 4.79 Å². The molecule has 3 nitrogen and oxygen atoms in total. The lowest BCUT2D eigenvalue weighted by atomic mass is 9.93. The SMILES string of the molecule is CC1=CCO[C@@]12C[C@H](C)OC2=O. The van der Waals surface area contributed by atoms with E-state index in [9.17, 15) is 4.79 Å². The van der Waals surface area contributed by atoms with E-state index in [0.717, 1.165) is 5.57 Å². The summed E-state index contributed by atoms with van der Waals surface area (Å²) in [6, 6.07) is 0. The van der Waals surface area contributed by atoms with Gasteiger partial charge in [0.05, 0.1) is 6.61 Å². The van der Waals surface area contributed by atoms with Crippen molar-refractivity contribution < 1.29 is 14.3 Å². The van der Waals surface area contributed by atoms with Gasteiger partial charge in [0.1, 0.15) is 6.10 Å². The van der Waals surface area contributed by atoms with Gasteiger partial charge in [0.15, 0.2) is 5.60 Å². The van der Waals surface area contributed by atoms with Crippen LogP contribution < -0.4 is 0 Å². The molecule has 2 aliphatic heterocycles. The molecule has 0 N–H and O–H groups in total. The predicted molar refractivity (Wildman–Crippen MR) is 42.6 cm³/mol. The molecular weight excluding hydrogens is 156 g/mol. The summed E-state index contributed by atoms with van der Waals surface area (Å²) in [5.74, 6) is -0.221. The van der Waals surface area contributed by atoms with E-state index >= 15 is 0 Å². The van der Waals surface area contributed by atoms with Crippen LogP contribution >= 0.6 is 0 Å². The van der Waals surface area contributed by atoms with Gasteiger partial charge in [-0.2, -0.15) is 0 Å². The lowest BCUT2D eigenvalue weighted by Gasteiger charge is -2.19. The molecule has 0 aliphatic carbocycles. The Kier molecular flexibility index (Phi) is 1.51. The van der Waals surface area contributed by atoms with Gasteiger partial charge in [-0.05, 0) is 19.4 Å². The molecule has 3 heteroatoms. The van der Waals surface area contributed by atoms with Gasteiger partial charge in [0.25, 0.3) is 0 Å². The predicted octanol–water partition coefficient (Wildman–Crippen LogP) is 1.04. The zero-order chi connectivity index (χ0) is 8.77. The highest BCUT2D eigenvalue weighted by atomic mass is 16.6. The minimum atomic E-state index is -0.723. The third kappa shape index (κ3) is 0.829. The number of hydrogen-bond donors (Lipinski definition) is 0. The zero-order valence-electron chi connectivity index (χ0n) is 7.29. The van der Waals surface area contributed by atoms with Crippen LogP contribution in [-0.4, -0.2) is 24.3 Å². The van der Waals surface area contributed by atoms with E-state index in [-0.39, 0.29) is 12.1 Å². The summed E-state index contributed by atoms with van der Waals surface area (Å²) in [6.07, 6.45) is 2.59. The van der Waals surface area contributed by atoms with E-state index in [4.69, 9.17) is 9.47 Å². The van der Waals surface area contributed by atoms with E-state index < -0.39 is 5.60 Å². The van der Waals surface area contributed by atoms with Crippen molar-refractivity contribution in [2.24, 2.45) is 0 Å². The Labute approximate surface area is 71.3 Å². The fourth-order valence-corrected chi connectivity index (χ4v) is 1.84. The molecule has 1 saturated heterocycles. The van der Waals surface area contributed by atoms with Crippen molar-refractivity contribution in [1.82, 2.24) is 0 Å². The number of esters is 1. The second-order valence-electron chi connectivity index (χ2n) is 3.45. The standard InChI is InChI=1S/C9H12O3/c1-6-3-4-11-9(6)5-7(2)12-8(9)10/h3,7H,4-5H2,1-2H3/t7-,9-/m0/s1. The molecule has 2 rings (SSSR count). The molecule has 0 aromatic carbocycles. The molecule has 66 valence electrons. The van der Waals surface area contributed by atoms with Crippen molar-refractivity contribution >= 4 is 5.97 Å². The molecule has 0 unspecified atom stereocenters. The van der Waals surface area contributed by atoms with Crippen LogP contribution in [-0.2, 0) is 14.3 Å². The highest BCUT2D eigenvalue weighted by molar-refractivity contribution is 5.86. The van der Waals surface area contributed by atoms with Crippen molar-refractivity contribution in [3.8, 4) is 0 Å². The van der Waals surface area contributed by atoms with Crippen LogP contribution in [0.5, 0.6) is 0 Å². The average molecular weight is 168 g/mol. The quantitative estimate of drug-likeness (QED) is 0.400. The first-order chi connectivity index (χ1) is 5.65. The van der Waals surface area contributed by atoms with Crippen LogP contribution in [0, 0.1) is 0 Å². The van der Waals surface area contributed by atoms with Gasteiger partial charge in [-0.1, -0.05) is 6.08 Å². The molecule has 1 spiro atoms. The van der Waals surface area contributed by atoms with Crippen LogP contribution in [0.4, 0.5) is 0 Å². The number of cyclic esters (lactones) is 1. The van der Waals surface area contributed by atoms with Gasteiger partial charge in [0, 0.05) is 6.42 Å². The molecule has 0 saturated carbocycles. The zero-order valence-corrected chi connectivity index (χ0v) is 7.29. The molecule has 1 fully saturated rings. The van der Waals surface area contributed by atoms with Crippen LogP contribution in [0.2, 0.25) is 0 Å². The Morgan fingerprint density at radius 3 is 2.83 bits per heavy atom. The molecule has 0 amide bonds. The second-order valence-corrected chi connectivity index (χ2v) is 3.45. The molecule has 0 aromatic rings. The average Bonchev–Trinajstić information content (AvgIpc) is 2.44. The fourth-order valence-electron chi connectivity index (χ4n) is 1.84. The van der Waals surface area contributed by atoms with E-state index in [0.29, 0.717) is 13.0 Å². The number of hydrogen-bond acceptors (Lipinski definition) is 3. The monoisotopic (exact) mass is 168 g/mol. The largest absolute Gasteiger partial charge is 0.460 e. The first-order valence-corrected chi connectivity index (χ1v) is 4.17. The Morgan fingerprint density at radius 1 is 1.67 bits per heavy atom. The molecule has 2 atom stereocenters. The van der Waals surface area contributed by atoms with Crippen LogP contribution in [0.25, 0.3) is 0 Å². The molecular formula is C9H12O3. The van der Waals surface area contributed by atoms with Crippen LogP contribution in [0.3, 0.4) is 0 Å². The van der Waals surface area contributed by atoms with Crippen LogP contribution in [0.15, 0.2) is 11.6 Å². The summed E-state index contributed by atoms with van der Waals surface area (Å²) < 4.78 is 10.5. The van der Waals surface area contributed by atoms with Crippen LogP contribution in [0.1, 0.15) is 20.3 Å². The van der Waals surface area contributed by atoms with E-state index in [1.165, 1.54) is 0 Å². The minimum absolute atomic E-state index is 0.0149. The van der Waals surface area contributed by atoms with Crippen molar-refractivity contribution in [3.63, 3.8) is 0 Å². The summed E-state index contributed by atoms with van der Waals surface area (Å²) in [7, 11) is 0. The number of carbonyl (C=O) groups is 1. The summed E-state index contributed by atoms with van der Waals surface area (Å²) in [6.45, 7) is 4.35. The Morgan fingerprint density at radius 2 is 2.42 bits per heavy atom. The highest BCUT2D eigenvalue weighted by Crippen LogP contribution is 2.38. The van der Waals surface area contributed by atoms with Gasteiger partial charge < -0.3 is 9.47 Å². The Balaban J connectivity index is 2.32. The number of carbonyl (C=O) groups excluding carboxylic acids is 1.